The van der Waals surface area contributed by atoms with Crippen molar-refractivity contribution >= 4 is 23.5 Å². The number of nitrogens with zero attached hydrogens (tertiary/aromatic N) is 2. The van der Waals surface area contributed by atoms with Crippen LogP contribution in [0.1, 0.15) is 24.1 Å². The van der Waals surface area contributed by atoms with Crippen LogP contribution in [0.5, 0.6) is 5.75 Å². The molecule has 0 fully saturated rings. The molecule has 0 saturated heterocycles. The molecule has 0 heterocycles. The van der Waals surface area contributed by atoms with E-state index < -0.39 is 16.4 Å². The fraction of sp³-hybridized carbons (Fsp3) is 0.133. The molecule has 22 heavy (non-hydrogen) atoms. The Balaban J connectivity index is 2.30. The lowest BCUT2D eigenvalue weighted by Gasteiger charge is -2.12. The second kappa shape index (κ2) is 6.53. The maximum atomic E-state index is 12.9. The van der Waals surface area contributed by atoms with Crippen molar-refractivity contribution in [1.82, 2.24) is 0 Å². The molecule has 0 aromatic heterocycles. The Hall–Kier alpha value is -2.47. The first-order chi connectivity index (χ1) is 10.4. The molecule has 0 spiro atoms. The number of nitro benzene ring substituents is 1. The number of rotatable bonds is 4. The summed E-state index contributed by atoms with van der Waals surface area (Å²) in [6, 6.07) is 7.77. The third-order valence-corrected chi connectivity index (χ3v) is 3.27. The summed E-state index contributed by atoms with van der Waals surface area (Å²) in [6.45, 7) is 1.76. The quantitative estimate of drug-likeness (QED) is 0.490. The molecule has 5 nitrogen and oxygen atoms in total. The first kappa shape index (κ1) is 15.9. The minimum Gasteiger partial charge on any atom is -0.867 e. The summed E-state index contributed by atoms with van der Waals surface area (Å²) in [7, 11) is 0. The van der Waals surface area contributed by atoms with E-state index in [1.165, 1.54) is 24.4 Å². The zero-order valence-electron chi connectivity index (χ0n) is 11.5. The maximum absolute atomic E-state index is 12.9. The molecule has 0 amide bonds. The molecule has 0 unspecified atom stereocenters. The van der Waals surface area contributed by atoms with Gasteiger partial charge in [-0.15, -0.1) is 0 Å². The monoisotopic (exact) mass is 321 g/mol. The summed E-state index contributed by atoms with van der Waals surface area (Å²) in [4.78, 5) is 14.2. The zero-order chi connectivity index (χ0) is 16.3. The number of halogens is 2. The van der Waals surface area contributed by atoms with E-state index >= 15 is 0 Å². The fourth-order valence-corrected chi connectivity index (χ4v) is 2.07. The zero-order valence-corrected chi connectivity index (χ0v) is 12.2. The van der Waals surface area contributed by atoms with Crippen molar-refractivity contribution < 1.29 is 14.4 Å². The molecule has 2 rings (SSSR count). The SMILES string of the molecule is C[C@@H](N=Cc1cc(Cl)cc([N+](=O)[O-])c1[O-])c1ccc(F)cc1. The average Bonchev–Trinajstić information content (AvgIpc) is 2.47. The molecule has 0 aliphatic carbocycles. The molecule has 0 N–H and O–H groups in total. The van der Waals surface area contributed by atoms with Crippen LogP contribution in [0, 0.1) is 15.9 Å². The van der Waals surface area contributed by atoms with E-state index in [-0.39, 0.29) is 22.4 Å². The van der Waals surface area contributed by atoms with Gasteiger partial charge >= 0.3 is 0 Å². The standard InChI is InChI=1S/C15H12ClFN2O3/c1-9(10-2-4-13(17)5-3-10)18-8-11-6-12(16)7-14(15(11)20)19(21)22/h2-9,20H,1H3/p-1/t9-/m1/s1. The lowest BCUT2D eigenvalue weighted by Crippen LogP contribution is -2.02. The van der Waals surface area contributed by atoms with Crippen molar-refractivity contribution in [3.63, 3.8) is 0 Å². The van der Waals surface area contributed by atoms with Crippen LogP contribution in [-0.4, -0.2) is 11.1 Å². The van der Waals surface area contributed by atoms with Gasteiger partial charge in [-0.3, -0.25) is 15.1 Å². The van der Waals surface area contributed by atoms with Gasteiger partial charge in [0.05, 0.1) is 11.0 Å². The minimum atomic E-state index is -0.783. The third kappa shape index (κ3) is 3.59. The fourth-order valence-electron chi connectivity index (χ4n) is 1.85. The Labute approximate surface area is 130 Å². The number of hydrogen-bond donors (Lipinski definition) is 0. The molecule has 114 valence electrons. The summed E-state index contributed by atoms with van der Waals surface area (Å²) in [5.41, 5.74) is 0.193. The van der Waals surface area contributed by atoms with Crippen LogP contribution in [0.3, 0.4) is 0 Å². The van der Waals surface area contributed by atoms with Crippen molar-refractivity contribution in [1.29, 1.82) is 0 Å². The van der Waals surface area contributed by atoms with Gasteiger partial charge < -0.3 is 5.11 Å². The van der Waals surface area contributed by atoms with Gasteiger partial charge in [0.1, 0.15) is 5.82 Å². The normalized spacial score (nSPS) is 12.5. The molecule has 2 aromatic rings. The number of benzene rings is 2. The van der Waals surface area contributed by atoms with Crippen LogP contribution in [-0.2, 0) is 0 Å². The van der Waals surface area contributed by atoms with Crippen LogP contribution in [0.25, 0.3) is 0 Å². The third-order valence-electron chi connectivity index (χ3n) is 3.05. The Morgan fingerprint density at radius 3 is 2.55 bits per heavy atom. The molecule has 0 aliphatic rings. The van der Waals surface area contributed by atoms with Gasteiger partial charge in [-0.1, -0.05) is 23.7 Å². The lowest BCUT2D eigenvalue weighted by molar-refractivity contribution is -0.398. The van der Waals surface area contributed by atoms with E-state index in [1.54, 1.807) is 19.1 Å². The van der Waals surface area contributed by atoms with Gasteiger partial charge in [-0.25, -0.2) is 4.39 Å². The molecule has 0 radical (unpaired) electrons. The summed E-state index contributed by atoms with van der Waals surface area (Å²) in [5.74, 6) is -1.10. The molecule has 0 aliphatic heterocycles. The molecule has 7 heteroatoms. The van der Waals surface area contributed by atoms with E-state index in [2.05, 4.69) is 4.99 Å². The molecular formula is C15H11ClFN2O3-. The van der Waals surface area contributed by atoms with Crippen LogP contribution >= 0.6 is 11.6 Å². The number of hydrogen-bond acceptors (Lipinski definition) is 4. The summed E-state index contributed by atoms with van der Waals surface area (Å²) < 4.78 is 12.9. The van der Waals surface area contributed by atoms with E-state index in [9.17, 15) is 19.6 Å². The average molecular weight is 322 g/mol. The maximum Gasteiger partial charge on any atom is 0.263 e. The highest BCUT2D eigenvalue weighted by Crippen LogP contribution is 2.30. The Kier molecular flexibility index (Phi) is 4.72. The second-order valence-corrected chi connectivity index (χ2v) is 5.04. The van der Waals surface area contributed by atoms with Gasteiger partial charge in [-0.05, 0) is 42.0 Å². The van der Waals surface area contributed by atoms with Crippen LogP contribution < -0.4 is 5.11 Å². The largest absolute Gasteiger partial charge is 0.867 e. The highest BCUT2D eigenvalue weighted by Gasteiger charge is 2.11. The Morgan fingerprint density at radius 1 is 1.32 bits per heavy atom. The predicted molar refractivity (Wildman–Crippen MR) is 80.0 cm³/mol. The number of nitro groups is 1. The van der Waals surface area contributed by atoms with Crippen molar-refractivity contribution in [3.05, 3.63) is 68.5 Å². The van der Waals surface area contributed by atoms with Crippen molar-refractivity contribution in [3.8, 4) is 5.75 Å². The topological polar surface area (TPSA) is 78.6 Å². The minimum absolute atomic E-state index is 0.0353. The van der Waals surface area contributed by atoms with Gasteiger partial charge in [0.25, 0.3) is 5.69 Å². The molecule has 2 aromatic carbocycles. The van der Waals surface area contributed by atoms with Gasteiger partial charge in [0.2, 0.25) is 0 Å². The van der Waals surface area contributed by atoms with Crippen LogP contribution in [0.15, 0.2) is 41.4 Å². The lowest BCUT2D eigenvalue weighted by atomic mass is 10.1. The molecule has 1 atom stereocenters. The van der Waals surface area contributed by atoms with Crippen molar-refractivity contribution in [2.24, 2.45) is 4.99 Å². The van der Waals surface area contributed by atoms with Crippen molar-refractivity contribution in [2.45, 2.75) is 13.0 Å². The van der Waals surface area contributed by atoms with E-state index in [0.29, 0.717) is 0 Å². The Morgan fingerprint density at radius 2 is 1.95 bits per heavy atom. The van der Waals surface area contributed by atoms with Gasteiger partial charge in [-0.2, -0.15) is 0 Å². The van der Waals surface area contributed by atoms with E-state index in [1.807, 2.05) is 0 Å². The second-order valence-electron chi connectivity index (χ2n) is 4.61. The Bertz CT molecular complexity index is 732. The molecule has 0 bridgehead atoms. The van der Waals surface area contributed by atoms with Crippen LogP contribution in [0.2, 0.25) is 5.02 Å². The van der Waals surface area contributed by atoms with E-state index in [4.69, 9.17) is 11.6 Å². The highest BCUT2D eigenvalue weighted by molar-refractivity contribution is 6.31. The number of aliphatic imine (C=N–C) groups is 1. The summed E-state index contributed by atoms with van der Waals surface area (Å²) in [6.07, 6.45) is 1.25. The van der Waals surface area contributed by atoms with Crippen molar-refractivity contribution in [2.75, 3.05) is 0 Å². The summed E-state index contributed by atoms with van der Waals surface area (Å²) >= 11 is 5.77. The van der Waals surface area contributed by atoms with Gasteiger partial charge in [0.15, 0.2) is 0 Å². The van der Waals surface area contributed by atoms with Crippen LogP contribution in [0.4, 0.5) is 10.1 Å². The van der Waals surface area contributed by atoms with Gasteiger partial charge in [0, 0.05) is 17.3 Å². The highest BCUT2D eigenvalue weighted by atomic mass is 35.5. The first-order valence-electron chi connectivity index (χ1n) is 6.32. The summed E-state index contributed by atoms with van der Waals surface area (Å²) in [5, 5.41) is 22.8. The smallest absolute Gasteiger partial charge is 0.263 e. The molecular weight excluding hydrogens is 311 g/mol. The van der Waals surface area contributed by atoms with E-state index in [0.717, 1.165) is 11.6 Å². The molecule has 0 saturated carbocycles. The predicted octanol–water partition coefficient (Wildman–Crippen LogP) is 3.64. The first-order valence-corrected chi connectivity index (χ1v) is 6.70.